The molecule has 0 unspecified atom stereocenters. The van der Waals surface area contributed by atoms with E-state index < -0.39 is 0 Å². The molecule has 3 aromatic rings. The smallest absolute Gasteiger partial charge is 0.247 e. The molecule has 1 aromatic heterocycles. The third kappa shape index (κ3) is 8.17. The lowest BCUT2D eigenvalue weighted by atomic mass is 10.2. The molecule has 2 heterocycles. The Morgan fingerprint density at radius 2 is 1.75 bits per heavy atom. The van der Waals surface area contributed by atoms with Crippen LogP contribution in [0.3, 0.4) is 0 Å². The highest BCUT2D eigenvalue weighted by molar-refractivity contribution is 5.98. The van der Waals surface area contributed by atoms with Gasteiger partial charge in [0, 0.05) is 37.1 Å². The monoisotopic (exact) mass is 432 g/mol. The van der Waals surface area contributed by atoms with E-state index in [0.29, 0.717) is 18.2 Å². The number of carbonyl (C=O) groups excluding carboxylic acids is 1. The fourth-order valence-corrected chi connectivity index (χ4v) is 2.85. The topological polar surface area (TPSA) is 100 Å². The number of morpholine rings is 1. The molecule has 1 saturated heterocycles. The minimum absolute atomic E-state index is 0.234. The Balaban J connectivity index is 0.000000416. The van der Waals surface area contributed by atoms with Gasteiger partial charge < -0.3 is 26.0 Å². The van der Waals surface area contributed by atoms with Crippen molar-refractivity contribution in [3.8, 4) is 0 Å². The number of ether oxygens (including phenoxy) is 1. The van der Waals surface area contributed by atoms with Crippen molar-refractivity contribution in [3.05, 3.63) is 85.2 Å². The molecule has 0 saturated carbocycles. The molecule has 4 rings (SSSR count). The van der Waals surface area contributed by atoms with Crippen LogP contribution in [0.2, 0.25) is 0 Å². The van der Waals surface area contributed by atoms with Crippen molar-refractivity contribution in [3.63, 3.8) is 0 Å². The van der Waals surface area contributed by atoms with Gasteiger partial charge in [0.2, 0.25) is 5.91 Å². The summed E-state index contributed by atoms with van der Waals surface area (Å²) in [5.41, 5.74) is 2.70. The summed E-state index contributed by atoms with van der Waals surface area (Å²) in [5.74, 6) is 1.18. The maximum Gasteiger partial charge on any atom is 0.247 e. The molecule has 8 nitrogen and oxygen atoms in total. The maximum atomic E-state index is 11.4. The summed E-state index contributed by atoms with van der Waals surface area (Å²) in [4.78, 5) is 19.9. The van der Waals surface area contributed by atoms with Crippen LogP contribution in [0.25, 0.3) is 0 Å². The van der Waals surface area contributed by atoms with Gasteiger partial charge in [-0.25, -0.2) is 9.97 Å². The molecule has 2 aromatic carbocycles. The summed E-state index contributed by atoms with van der Waals surface area (Å²) >= 11 is 0. The molecule has 1 aliphatic heterocycles. The third-order valence-corrected chi connectivity index (χ3v) is 4.41. The summed E-state index contributed by atoms with van der Waals surface area (Å²) < 4.78 is 5.01. The van der Waals surface area contributed by atoms with Crippen LogP contribution in [0.4, 0.5) is 23.0 Å². The molecule has 0 bridgehead atoms. The highest BCUT2D eigenvalue weighted by atomic mass is 16.5. The second kappa shape index (κ2) is 12.8. The van der Waals surface area contributed by atoms with E-state index in [-0.39, 0.29) is 5.91 Å². The highest BCUT2D eigenvalue weighted by Gasteiger charge is 2.02. The van der Waals surface area contributed by atoms with E-state index in [9.17, 15) is 4.79 Å². The van der Waals surface area contributed by atoms with Gasteiger partial charge in [-0.3, -0.25) is 4.79 Å². The molecule has 32 heavy (non-hydrogen) atoms. The minimum atomic E-state index is -0.234. The van der Waals surface area contributed by atoms with Crippen molar-refractivity contribution in [2.24, 2.45) is 0 Å². The third-order valence-electron chi connectivity index (χ3n) is 4.41. The van der Waals surface area contributed by atoms with Crippen molar-refractivity contribution >= 4 is 28.9 Å². The van der Waals surface area contributed by atoms with E-state index >= 15 is 0 Å². The first-order valence-corrected chi connectivity index (χ1v) is 10.4. The zero-order valence-electron chi connectivity index (χ0n) is 17.9. The number of hydrogen-bond acceptors (Lipinski definition) is 7. The van der Waals surface area contributed by atoms with Gasteiger partial charge in [-0.15, -0.1) is 0 Å². The van der Waals surface area contributed by atoms with Gasteiger partial charge in [-0.1, -0.05) is 36.9 Å². The minimum Gasteiger partial charge on any atom is -0.379 e. The van der Waals surface area contributed by atoms with E-state index in [1.165, 1.54) is 12.4 Å². The lowest BCUT2D eigenvalue weighted by molar-refractivity contribution is -0.111. The fraction of sp³-hybridized carbons (Fsp3) is 0.208. The van der Waals surface area contributed by atoms with Gasteiger partial charge in [0.25, 0.3) is 0 Å². The number of benzene rings is 2. The number of hydrogen-bond donors (Lipinski definition) is 4. The second-order valence-electron chi connectivity index (χ2n) is 6.89. The van der Waals surface area contributed by atoms with Crippen LogP contribution < -0.4 is 21.3 Å². The van der Waals surface area contributed by atoms with Crippen LogP contribution in [0, 0.1) is 0 Å². The molecule has 8 heteroatoms. The number of aromatic nitrogens is 2. The van der Waals surface area contributed by atoms with E-state index in [1.54, 1.807) is 0 Å². The number of anilines is 4. The number of para-hydroxylation sites is 1. The van der Waals surface area contributed by atoms with E-state index in [1.807, 2.05) is 60.7 Å². The zero-order chi connectivity index (χ0) is 22.4. The van der Waals surface area contributed by atoms with Crippen LogP contribution in [0.15, 0.2) is 79.6 Å². The molecular formula is C24H28N6O2. The van der Waals surface area contributed by atoms with Gasteiger partial charge in [-0.05, 0) is 35.9 Å². The summed E-state index contributed by atoms with van der Waals surface area (Å²) in [5, 5.41) is 12.4. The van der Waals surface area contributed by atoms with Gasteiger partial charge in [0.05, 0.1) is 13.2 Å². The SMILES string of the molecule is C1COCCN1.C=CC(=O)Nc1cccc(CNc2cc(Nc3ccccc3)ncn2)c1. The average molecular weight is 433 g/mol. The molecule has 1 fully saturated rings. The van der Waals surface area contributed by atoms with Crippen molar-refractivity contribution in [1.29, 1.82) is 0 Å². The molecule has 0 spiro atoms. The Morgan fingerprint density at radius 1 is 1.00 bits per heavy atom. The van der Waals surface area contributed by atoms with Gasteiger partial charge >= 0.3 is 0 Å². The van der Waals surface area contributed by atoms with Crippen molar-refractivity contribution < 1.29 is 9.53 Å². The van der Waals surface area contributed by atoms with Gasteiger partial charge in [-0.2, -0.15) is 0 Å². The molecular weight excluding hydrogens is 404 g/mol. The first-order valence-electron chi connectivity index (χ1n) is 10.4. The largest absolute Gasteiger partial charge is 0.379 e. The van der Waals surface area contributed by atoms with Crippen molar-refractivity contribution in [2.75, 3.05) is 42.3 Å². The first kappa shape index (κ1) is 22.9. The Labute approximate surface area is 188 Å². The maximum absolute atomic E-state index is 11.4. The fourth-order valence-electron chi connectivity index (χ4n) is 2.85. The number of nitrogens with one attached hydrogen (secondary N) is 4. The van der Waals surface area contributed by atoms with E-state index in [2.05, 4.69) is 37.8 Å². The summed E-state index contributed by atoms with van der Waals surface area (Å²) in [6.45, 7) is 7.85. The molecule has 4 N–H and O–H groups in total. The summed E-state index contributed by atoms with van der Waals surface area (Å²) in [6, 6.07) is 19.3. The van der Waals surface area contributed by atoms with Crippen molar-refractivity contribution in [2.45, 2.75) is 6.54 Å². The van der Waals surface area contributed by atoms with Gasteiger partial charge in [0.15, 0.2) is 0 Å². The highest BCUT2D eigenvalue weighted by Crippen LogP contribution is 2.17. The molecule has 0 atom stereocenters. The van der Waals surface area contributed by atoms with Gasteiger partial charge in [0.1, 0.15) is 18.0 Å². The molecule has 1 amide bonds. The summed E-state index contributed by atoms with van der Waals surface area (Å²) in [7, 11) is 0. The Kier molecular flexibility index (Phi) is 9.19. The van der Waals surface area contributed by atoms with Crippen LogP contribution in [-0.4, -0.2) is 42.2 Å². The number of rotatable bonds is 7. The lowest BCUT2D eigenvalue weighted by Crippen LogP contribution is -2.30. The molecule has 0 aliphatic carbocycles. The average Bonchev–Trinajstić information content (AvgIpc) is 2.85. The summed E-state index contributed by atoms with van der Waals surface area (Å²) in [6.07, 6.45) is 2.75. The predicted octanol–water partition coefficient (Wildman–Crippen LogP) is 3.56. The number of amides is 1. The zero-order valence-corrected chi connectivity index (χ0v) is 17.9. The second-order valence-corrected chi connectivity index (χ2v) is 6.89. The lowest BCUT2D eigenvalue weighted by Gasteiger charge is -2.10. The molecule has 1 aliphatic rings. The van der Waals surface area contributed by atoms with Crippen LogP contribution >= 0.6 is 0 Å². The normalized spacial score (nSPS) is 12.6. The Morgan fingerprint density at radius 3 is 2.44 bits per heavy atom. The van der Waals surface area contributed by atoms with E-state index in [0.717, 1.165) is 43.2 Å². The van der Waals surface area contributed by atoms with Crippen LogP contribution in [0.1, 0.15) is 5.56 Å². The Bertz CT molecular complexity index is 981. The molecule has 166 valence electrons. The number of carbonyl (C=O) groups is 1. The predicted molar refractivity (Wildman–Crippen MR) is 128 cm³/mol. The van der Waals surface area contributed by atoms with Crippen LogP contribution in [0.5, 0.6) is 0 Å². The van der Waals surface area contributed by atoms with Crippen molar-refractivity contribution in [1.82, 2.24) is 15.3 Å². The van der Waals surface area contributed by atoms with E-state index in [4.69, 9.17) is 4.74 Å². The standard InChI is InChI=1S/C20H19N5O.C4H9NO/c1-2-20(26)25-17-10-6-7-15(11-17)13-21-18-12-19(23-14-22-18)24-16-8-4-3-5-9-16;1-3-6-4-2-5-1/h2-12,14H,1,13H2,(H,25,26)(H2,21,22,23,24);5H,1-4H2. The first-order chi connectivity index (χ1) is 15.7. The van der Waals surface area contributed by atoms with Crippen LogP contribution in [-0.2, 0) is 16.1 Å². The number of nitrogens with zero attached hydrogens (tertiary/aromatic N) is 2. The quantitative estimate of drug-likeness (QED) is 0.424. The Hall–Kier alpha value is -3.75. The molecule has 0 radical (unpaired) electrons.